The Morgan fingerprint density at radius 1 is 1.04 bits per heavy atom. The lowest BCUT2D eigenvalue weighted by Crippen LogP contribution is -2.12. The molecule has 6 heteroatoms. The molecular formula is C21H19N5O. The lowest BCUT2D eigenvalue weighted by atomic mass is 9.93. The third-order valence-electron chi connectivity index (χ3n) is 4.66. The molecule has 1 aliphatic heterocycles. The summed E-state index contributed by atoms with van der Waals surface area (Å²) >= 11 is 0. The first-order chi connectivity index (χ1) is 13.2. The molecular weight excluding hydrogens is 338 g/mol. The first-order valence-corrected chi connectivity index (χ1v) is 8.76. The molecule has 0 radical (unpaired) electrons. The van der Waals surface area contributed by atoms with Crippen LogP contribution >= 0.6 is 0 Å². The zero-order valence-corrected chi connectivity index (χ0v) is 14.7. The summed E-state index contributed by atoms with van der Waals surface area (Å²) in [7, 11) is 0. The number of aliphatic imine (C=N–C) groups is 1. The lowest BCUT2D eigenvalue weighted by molar-refractivity contribution is 0.102. The van der Waals surface area contributed by atoms with Crippen LogP contribution in [0.15, 0.2) is 65.9 Å². The quantitative estimate of drug-likeness (QED) is 0.753. The highest BCUT2D eigenvalue weighted by Gasteiger charge is 2.19. The summed E-state index contributed by atoms with van der Waals surface area (Å²) in [5.41, 5.74) is 10.2. The summed E-state index contributed by atoms with van der Waals surface area (Å²) in [5.74, 6) is 0.544. The van der Waals surface area contributed by atoms with E-state index in [1.807, 2.05) is 42.5 Å². The lowest BCUT2D eigenvalue weighted by Gasteiger charge is -2.15. The average Bonchev–Trinajstić information content (AvgIpc) is 2.93. The molecule has 3 aromatic rings. The molecule has 0 aliphatic carbocycles. The number of carbonyl (C=O) groups is 1. The standard InChI is InChI=1S/C21H19N5O/c22-20-18-12-23-11-16(10-19(18)24-13-25-20)14-6-8-17(9-7-14)26-21(27)15-4-2-1-3-5-15/h1-9,12-13,16H,10-11H2,(H,26,27)(H2,22,24,25)/t16-/m0/s1. The fourth-order valence-electron chi connectivity index (χ4n) is 3.17. The molecule has 0 bridgehead atoms. The molecule has 27 heavy (non-hydrogen) atoms. The van der Waals surface area contributed by atoms with Crippen molar-refractivity contribution in [2.45, 2.75) is 12.3 Å². The van der Waals surface area contributed by atoms with Crippen LogP contribution in [0.25, 0.3) is 0 Å². The molecule has 4 rings (SSSR count). The van der Waals surface area contributed by atoms with Gasteiger partial charge in [0.2, 0.25) is 0 Å². The van der Waals surface area contributed by atoms with Gasteiger partial charge in [-0.3, -0.25) is 9.79 Å². The third-order valence-corrected chi connectivity index (χ3v) is 4.66. The Labute approximate surface area is 157 Å². The molecule has 6 nitrogen and oxygen atoms in total. The summed E-state index contributed by atoms with van der Waals surface area (Å²) in [6.45, 7) is 0.658. The number of nitrogens with one attached hydrogen (secondary N) is 1. The smallest absolute Gasteiger partial charge is 0.255 e. The molecule has 1 atom stereocenters. The second-order valence-corrected chi connectivity index (χ2v) is 6.46. The first-order valence-electron chi connectivity index (χ1n) is 8.76. The van der Waals surface area contributed by atoms with Crippen LogP contribution < -0.4 is 11.1 Å². The number of anilines is 2. The van der Waals surface area contributed by atoms with Gasteiger partial charge in [0, 0.05) is 29.9 Å². The zero-order valence-electron chi connectivity index (χ0n) is 14.7. The third kappa shape index (κ3) is 3.69. The van der Waals surface area contributed by atoms with E-state index in [2.05, 4.69) is 20.3 Å². The van der Waals surface area contributed by atoms with E-state index in [1.165, 1.54) is 6.33 Å². The van der Waals surface area contributed by atoms with Gasteiger partial charge in [-0.05, 0) is 36.2 Å². The Morgan fingerprint density at radius 3 is 2.59 bits per heavy atom. The van der Waals surface area contributed by atoms with Crippen LogP contribution in [0.2, 0.25) is 0 Å². The number of benzene rings is 2. The van der Waals surface area contributed by atoms with Crippen molar-refractivity contribution in [3.63, 3.8) is 0 Å². The molecule has 0 unspecified atom stereocenters. The zero-order chi connectivity index (χ0) is 18.6. The Bertz CT molecular complexity index is 983. The van der Waals surface area contributed by atoms with Crippen LogP contribution in [0.4, 0.5) is 11.5 Å². The van der Waals surface area contributed by atoms with Crippen molar-refractivity contribution in [1.82, 2.24) is 9.97 Å². The van der Waals surface area contributed by atoms with Gasteiger partial charge in [0.25, 0.3) is 5.91 Å². The number of fused-ring (bicyclic) bond motifs is 1. The van der Waals surface area contributed by atoms with Crippen LogP contribution in [0.3, 0.4) is 0 Å². The minimum Gasteiger partial charge on any atom is -0.383 e. The number of nitrogen functional groups attached to an aromatic ring is 1. The minimum atomic E-state index is -0.122. The van der Waals surface area contributed by atoms with Gasteiger partial charge in [-0.1, -0.05) is 30.3 Å². The molecule has 1 aromatic heterocycles. The molecule has 0 saturated heterocycles. The monoisotopic (exact) mass is 357 g/mol. The number of amides is 1. The summed E-state index contributed by atoms with van der Waals surface area (Å²) in [5, 5.41) is 2.92. The van der Waals surface area contributed by atoms with E-state index in [4.69, 9.17) is 5.73 Å². The molecule has 0 spiro atoms. The highest BCUT2D eigenvalue weighted by Crippen LogP contribution is 2.26. The Morgan fingerprint density at radius 2 is 1.81 bits per heavy atom. The van der Waals surface area contributed by atoms with E-state index in [-0.39, 0.29) is 11.8 Å². The molecule has 3 N–H and O–H groups in total. The van der Waals surface area contributed by atoms with Gasteiger partial charge < -0.3 is 11.1 Å². The van der Waals surface area contributed by atoms with Crippen LogP contribution in [0, 0.1) is 0 Å². The molecule has 0 saturated carbocycles. The fourth-order valence-corrected chi connectivity index (χ4v) is 3.17. The number of aromatic nitrogens is 2. The molecule has 134 valence electrons. The van der Waals surface area contributed by atoms with E-state index in [1.54, 1.807) is 18.3 Å². The normalized spacial score (nSPS) is 15.6. The van der Waals surface area contributed by atoms with E-state index in [0.717, 1.165) is 28.9 Å². The number of hydrogen-bond acceptors (Lipinski definition) is 5. The Hall–Kier alpha value is -3.54. The second-order valence-electron chi connectivity index (χ2n) is 6.46. The maximum absolute atomic E-state index is 12.3. The number of nitrogens with two attached hydrogens (primary N) is 1. The van der Waals surface area contributed by atoms with Crippen LogP contribution in [-0.2, 0) is 6.42 Å². The van der Waals surface area contributed by atoms with Crippen molar-refractivity contribution in [3.8, 4) is 0 Å². The first kappa shape index (κ1) is 16.9. The van der Waals surface area contributed by atoms with Gasteiger partial charge in [-0.2, -0.15) is 0 Å². The summed E-state index contributed by atoms with van der Waals surface area (Å²) in [4.78, 5) is 25.1. The van der Waals surface area contributed by atoms with Crippen molar-refractivity contribution in [2.75, 3.05) is 17.6 Å². The van der Waals surface area contributed by atoms with Crippen molar-refractivity contribution < 1.29 is 4.79 Å². The maximum atomic E-state index is 12.3. The predicted molar refractivity (Wildman–Crippen MR) is 106 cm³/mol. The predicted octanol–water partition coefficient (Wildman–Crippen LogP) is 3.07. The molecule has 0 fully saturated rings. The van der Waals surface area contributed by atoms with Gasteiger partial charge in [-0.25, -0.2) is 9.97 Å². The summed E-state index contributed by atoms with van der Waals surface area (Å²) < 4.78 is 0. The van der Waals surface area contributed by atoms with Gasteiger partial charge in [0.1, 0.15) is 12.1 Å². The van der Waals surface area contributed by atoms with E-state index < -0.39 is 0 Å². The second kappa shape index (κ2) is 7.37. The van der Waals surface area contributed by atoms with Gasteiger partial charge in [-0.15, -0.1) is 0 Å². The van der Waals surface area contributed by atoms with Crippen molar-refractivity contribution >= 4 is 23.6 Å². The molecule has 1 amide bonds. The number of carbonyl (C=O) groups excluding carboxylic acids is 1. The van der Waals surface area contributed by atoms with Crippen LogP contribution in [0.5, 0.6) is 0 Å². The molecule has 2 heterocycles. The molecule has 2 aromatic carbocycles. The van der Waals surface area contributed by atoms with Crippen LogP contribution in [0.1, 0.15) is 33.1 Å². The minimum absolute atomic E-state index is 0.122. The van der Waals surface area contributed by atoms with Crippen molar-refractivity contribution in [3.05, 3.63) is 83.3 Å². The number of nitrogens with zero attached hydrogens (tertiary/aromatic N) is 3. The van der Waals surface area contributed by atoms with Crippen LogP contribution in [-0.4, -0.2) is 28.6 Å². The van der Waals surface area contributed by atoms with Gasteiger partial charge in [0.05, 0.1) is 11.3 Å². The van der Waals surface area contributed by atoms with Crippen molar-refractivity contribution in [2.24, 2.45) is 4.99 Å². The Balaban J connectivity index is 1.49. The summed E-state index contributed by atoms with van der Waals surface area (Å²) in [6, 6.07) is 17.0. The molecule has 1 aliphatic rings. The average molecular weight is 357 g/mol. The fraction of sp³-hybridized carbons (Fsp3) is 0.143. The number of rotatable bonds is 3. The van der Waals surface area contributed by atoms with Gasteiger partial charge >= 0.3 is 0 Å². The number of hydrogen-bond donors (Lipinski definition) is 2. The topological polar surface area (TPSA) is 93.3 Å². The van der Waals surface area contributed by atoms with E-state index in [0.29, 0.717) is 17.9 Å². The van der Waals surface area contributed by atoms with Gasteiger partial charge in [0.15, 0.2) is 0 Å². The highest BCUT2D eigenvalue weighted by atomic mass is 16.1. The SMILES string of the molecule is Nc1ncnc2c1C=NC[C@@H](c1ccc(NC(=O)c3ccccc3)cc1)C2. The highest BCUT2D eigenvalue weighted by molar-refractivity contribution is 6.04. The van der Waals surface area contributed by atoms with E-state index >= 15 is 0 Å². The van der Waals surface area contributed by atoms with E-state index in [9.17, 15) is 4.79 Å². The summed E-state index contributed by atoms with van der Waals surface area (Å²) in [6.07, 6.45) is 4.00. The maximum Gasteiger partial charge on any atom is 0.255 e. The van der Waals surface area contributed by atoms with Crippen molar-refractivity contribution in [1.29, 1.82) is 0 Å². The Kier molecular flexibility index (Phi) is 4.61. The largest absolute Gasteiger partial charge is 0.383 e.